The quantitative estimate of drug-likeness (QED) is 0.832. The molecule has 0 aromatic heterocycles. The largest absolute Gasteiger partial charge is 0.493 e. The fourth-order valence-corrected chi connectivity index (χ4v) is 3.42. The smallest absolute Gasteiger partial charge is 0.277 e. The summed E-state index contributed by atoms with van der Waals surface area (Å²) >= 11 is 1.65. The van der Waals surface area contributed by atoms with Gasteiger partial charge in [-0.05, 0) is 30.3 Å². The molecule has 1 amide bonds. The molecule has 0 atom stereocenters. The van der Waals surface area contributed by atoms with Crippen LogP contribution in [0, 0.1) is 5.82 Å². The average Bonchev–Trinajstić information content (AvgIpc) is 2.64. The van der Waals surface area contributed by atoms with E-state index in [2.05, 4.69) is 10.5 Å². The Morgan fingerprint density at radius 3 is 2.88 bits per heavy atom. The molecule has 2 aromatic carbocycles. The SMILES string of the molecule is COc1ccccc1OCC(=O)N/N=C1/CCSc2ccc(F)cc21. The van der Waals surface area contributed by atoms with Crippen molar-refractivity contribution >= 4 is 23.4 Å². The van der Waals surface area contributed by atoms with E-state index < -0.39 is 5.91 Å². The van der Waals surface area contributed by atoms with Crippen LogP contribution in [0.2, 0.25) is 0 Å². The molecule has 2 aromatic rings. The number of rotatable bonds is 5. The zero-order chi connectivity index (χ0) is 17.6. The number of para-hydroxylation sites is 2. The van der Waals surface area contributed by atoms with Gasteiger partial charge in [-0.1, -0.05) is 12.1 Å². The molecule has 3 rings (SSSR count). The Morgan fingerprint density at radius 2 is 2.08 bits per heavy atom. The molecule has 1 aliphatic heterocycles. The Kier molecular flexibility index (Phi) is 5.55. The summed E-state index contributed by atoms with van der Waals surface area (Å²) in [4.78, 5) is 12.9. The Labute approximate surface area is 149 Å². The van der Waals surface area contributed by atoms with E-state index in [0.29, 0.717) is 23.6 Å². The Balaban J connectivity index is 1.63. The minimum absolute atomic E-state index is 0.193. The molecule has 1 heterocycles. The van der Waals surface area contributed by atoms with Crippen molar-refractivity contribution in [3.05, 3.63) is 53.8 Å². The van der Waals surface area contributed by atoms with Crippen LogP contribution in [-0.2, 0) is 4.79 Å². The maximum Gasteiger partial charge on any atom is 0.277 e. The van der Waals surface area contributed by atoms with E-state index in [9.17, 15) is 9.18 Å². The number of ether oxygens (including phenoxy) is 2. The molecule has 0 aliphatic carbocycles. The van der Waals surface area contributed by atoms with Crippen molar-refractivity contribution in [1.29, 1.82) is 0 Å². The van der Waals surface area contributed by atoms with Crippen molar-refractivity contribution in [3.63, 3.8) is 0 Å². The van der Waals surface area contributed by atoms with Crippen molar-refractivity contribution < 1.29 is 18.7 Å². The molecule has 130 valence electrons. The summed E-state index contributed by atoms with van der Waals surface area (Å²) in [6, 6.07) is 11.7. The lowest BCUT2D eigenvalue weighted by molar-refractivity contribution is -0.123. The fraction of sp³-hybridized carbons (Fsp3) is 0.222. The van der Waals surface area contributed by atoms with Gasteiger partial charge < -0.3 is 9.47 Å². The predicted molar refractivity (Wildman–Crippen MR) is 94.9 cm³/mol. The number of thioether (sulfide) groups is 1. The summed E-state index contributed by atoms with van der Waals surface area (Å²) in [5.74, 6) is 1.16. The van der Waals surface area contributed by atoms with Crippen LogP contribution >= 0.6 is 11.8 Å². The first-order valence-corrected chi connectivity index (χ1v) is 8.70. The summed E-state index contributed by atoms with van der Waals surface area (Å²) < 4.78 is 24.1. The molecule has 7 heteroatoms. The van der Waals surface area contributed by atoms with Crippen LogP contribution in [0.25, 0.3) is 0 Å². The minimum atomic E-state index is -0.394. The number of benzene rings is 2. The second-order valence-corrected chi connectivity index (χ2v) is 6.41. The lowest BCUT2D eigenvalue weighted by Crippen LogP contribution is -2.26. The number of nitrogens with zero attached hydrogens (tertiary/aromatic N) is 1. The number of methoxy groups -OCH3 is 1. The van der Waals surface area contributed by atoms with Gasteiger partial charge in [-0.2, -0.15) is 5.10 Å². The summed E-state index contributed by atoms with van der Waals surface area (Å²) in [6.07, 6.45) is 0.661. The van der Waals surface area contributed by atoms with Crippen molar-refractivity contribution in [2.75, 3.05) is 19.5 Å². The number of nitrogens with one attached hydrogen (secondary N) is 1. The van der Waals surface area contributed by atoms with Crippen molar-refractivity contribution in [1.82, 2.24) is 5.43 Å². The van der Waals surface area contributed by atoms with Gasteiger partial charge in [0.2, 0.25) is 0 Å². The maximum absolute atomic E-state index is 13.5. The first-order chi connectivity index (χ1) is 12.2. The molecule has 0 spiro atoms. The minimum Gasteiger partial charge on any atom is -0.493 e. The van der Waals surface area contributed by atoms with Crippen LogP contribution in [0.3, 0.4) is 0 Å². The number of halogens is 1. The molecule has 0 unspecified atom stereocenters. The molecule has 1 N–H and O–H groups in total. The van der Waals surface area contributed by atoms with Crippen LogP contribution < -0.4 is 14.9 Å². The van der Waals surface area contributed by atoms with E-state index in [1.807, 2.05) is 6.07 Å². The maximum atomic E-state index is 13.5. The first kappa shape index (κ1) is 17.3. The average molecular weight is 360 g/mol. The van der Waals surface area contributed by atoms with Gasteiger partial charge in [0.1, 0.15) is 5.82 Å². The number of amides is 1. The Bertz CT molecular complexity index is 811. The molecular weight excluding hydrogens is 343 g/mol. The third-order valence-corrected chi connectivity index (χ3v) is 4.67. The van der Waals surface area contributed by atoms with E-state index in [1.54, 1.807) is 36.0 Å². The van der Waals surface area contributed by atoms with Crippen LogP contribution in [0.1, 0.15) is 12.0 Å². The molecule has 0 bridgehead atoms. The van der Waals surface area contributed by atoms with Gasteiger partial charge in [0.25, 0.3) is 5.91 Å². The third-order valence-electron chi connectivity index (χ3n) is 3.59. The lowest BCUT2D eigenvalue weighted by Gasteiger charge is -2.17. The van der Waals surface area contributed by atoms with E-state index in [-0.39, 0.29) is 12.4 Å². The second-order valence-electron chi connectivity index (χ2n) is 5.27. The van der Waals surface area contributed by atoms with E-state index in [1.165, 1.54) is 19.2 Å². The van der Waals surface area contributed by atoms with Gasteiger partial charge in [0.15, 0.2) is 18.1 Å². The third kappa shape index (κ3) is 4.30. The highest BCUT2D eigenvalue weighted by atomic mass is 32.2. The summed E-state index contributed by atoms with van der Waals surface area (Å²) in [5, 5.41) is 4.15. The highest BCUT2D eigenvalue weighted by Gasteiger charge is 2.17. The number of hydrogen-bond acceptors (Lipinski definition) is 5. The first-order valence-electron chi connectivity index (χ1n) is 7.71. The molecule has 5 nitrogen and oxygen atoms in total. The summed E-state index contributed by atoms with van der Waals surface area (Å²) in [7, 11) is 1.53. The number of hydrazone groups is 1. The predicted octanol–water partition coefficient (Wildman–Crippen LogP) is 3.23. The number of fused-ring (bicyclic) bond motifs is 1. The van der Waals surface area contributed by atoms with Gasteiger partial charge in [0, 0.05) is 22.6 Å². The fourth-order valence-electron chi connectivity index (χ4n) is 2.41. The second kappa shape index (κ2) is 8.02. The molecular formula is C18H17FN2O3S. The standard InChI is InChI=1S/C18H17FN2O3S/c1-23-15-4-2-3-5-16(15)24-11-18(22)21-20-14-8-9-25-17-7-6-12(19)10-13(14)17/h2-7,10H,8-9,11H2,1H3,(H,21,22)/b20-14-. The molecule has 0 saturated heterocycles. The molecule has 0 saturated carbocycles. The number of carbonyl (C=O) groups is 1. The van der Waals surface area contributed by atoms with Gasteiger partial charge in [0.05, 0.1) is 12.8 Å². The van der Waals surface area contributed by atoms with E-state index in [0.717, 1.165) is 16.2 Å². The van der Waals surface area contributed by atoms with Crippen molar-refractivity contribution in [2.24, 2.45) is 5.10 Å². The van der Waals surface area contributed by atoms with Gasteiger partial charge in [-0.25, -0.2) is 9.82 Å². The van der Waals surface area contributed by atoms with Crippen LogP contribution in [0.4, 0.5) is 4.39 Å². The van der Waals surface area contributed by atoms with Crippen LogP contribution in [0.5, 0.6) is 11.5 Å². The summed E-state index contributed by atoms with van der Waals surface area (Å²) in [5.41, 5.74) is 3.86. The highest BCUT2D eigenvalue weighted by Crippen LogP contribution is 2.30. The van der Waals surface area contributed by atoms with Gasteiger partial charge >= 0.3 is 0 Å². The number of hydrogen-bond donors (Lipinski definition) is 1. The Morgan fingerprint density at radius 1 is 1.28 bits per heavy atom. The highest BCUT2D eigenvalue weighted by molar-refractivity contribution is 7.99. The van der Waals surface area contributed by atoms with E-state index >= 15 is 0 Å². The molecule has 0 radical (unpaired) electrons. The Hall–Kier alpha value is -2.54. The topological polar surface area (TPSA) is 59.9 Å². The van der Waals surface area contributed by atoms with Crippen LogP contribution in [0.15, 0.2) is 52.5 Å². The van der Waals surface area contributed by atoms with Crippen molar-refractivity contribution in [2.45, 2.75) is 11.3 Å². The van der Waals surface area contributed by atoms with Crippen molar-refractivity contribution in [3.8, 4) is 11.5 Å². The normalized spacial score (nSPS) is 14.7. The van der Waals surface area contributed by atoms with Gasteiger partial charge in [-0.3, -0.25) is 4.79 Å². The molecule has 1 aliphatic rings. The molecule has 0 fully saturated rings. The lowest BCUT2D eigenvalue weighted by atomic mass is 10.1. The zero-order valence-electron chi connectivity index (χ0n) is 13.6. The monoisotopic (exact) mass is 360 g/mol. The van der Waals surface area contributed by atoms with E-state index in [4.69, 9.17) is 9.47 Å². The van der Waals surface area contributed by atoms with Crippen LogP contribution in [-0.4, -0.2) is 31.1 Å². The number of carbonyl (C=O) groups excluding carboxylic acids is 1. The van der Waals surface area contributed by atoms with Gasteiger partial charge in [-0.15, -0.1) is 11.8 Å². The zero-order valence-corrected chi connectivity index (χ0v) is 14.4. The molecule has 25 heavy (non-hydrogen) atoms. The summed E-state index contributed by atoms with van der Waals surface area (Å²) in [6.45, 7) is -0.193.